The first-order valence-corrected chi connectivity index (χ1v) is 7.22. The Labute approximate surface area is 137 Å². The normalized spacial score (nSPS) is 13.4. The second kappa shape index (κ2) is 6.62. The first-order chi connectivity index (χ1) is 11.1. The predicted molar refractivity (Wildman–Crippen MR) is 83.2 cm³/mol. The maximum Gasteiger partial charge on any atom is 0.335 e. The Balaban J connectivity index is 1.92. The van der Waals surface area contributed by atoms with E-state index < -0.39 is 12.3 Å². The number of carboxylic acids is 1. The molecule has 0 spiro atoms. The SMILES string of the molecule is O=C(O)c1cc(Cl)c(OCc2ccccc2)c(C2OC=CO2)c1. The topological polar surface area (TPSA) is 65.0 Å². The summed E-state index contributed by atoms with van der Waals surface area (Å²) in [5.41, 5.74) is 1.43. The summed E-state index contributed by atoms with van der Waals surface area (Å²) in [5.74, 6) is -0.747. The Morgan fingerprint density at radius 2 is 1.87 bits per heavy atom. The lowest BCUT2D eigenvalue weighted by Crippen LogP contribution is -2.07. The van der Waals surface area contributed by atoms with Crippen LogP contribution in [0.2, 0.25) is 5.02 Å². The van der Waals surface area contributed by atoms with Crippen LogP contribution in [0.1, 0.15) is 27.8 Å². The molecule has 23 heavy (non-hydrogen) atoms. The van der Waals surface area contributed by atoms with E-state index in [0.717, 1.165) is 5.56 Å². The van der Waals surface area contributed by atoms with E-state index in [9.17, 15) is 9.90 Å². The van der Waals surface area contributed by atoms with Crippen molar-refractivity contribution in [1.29, 1.82) is 0 Å². The zero-order chi connectivity index (χ0) is 16.2. The Bertz CT molecular complexity index is 734. The first kappa shape index (κ1) is 15.2. The predicted octanol–water partition coefficient (Wildman–Crippen LogP) is 4.13. The van der Waals surface area contributed by atoms with Gasteiger partial charge in [-0.25, -0.2) is 4.79 Å². The Hall–Kier alpha value is -2.66. The molecule has 118 valence electrons. The molecule has 0 aromatic heterocycles. The van der Waals surface area contributed by atoms with Gasteiger partial charge in [0.25, 0.3) is 6.29 Å². The third-order valence-electron chi connectivity index (χ3n) is 3.26. The highest BCUT2D eigenvalue weighted by atomic mass is 35.5. The smallest absolute Gasteiger partial charge is 0.335 e. The Kier molecular flexibility index (Phi) is 4.39. The summed E-state index contributed by atoms with van der Waals surface area (Å²) in [7, 11) is 0. The standard InChI is InChI=1S/C17H13ClO5/c18-14-9-12(16(19)20)8-13(17-21-6-7-22-17)15(14)23-10-11-4-2-1-3-5-11/h1-9,17H,10H2,(H,19,20). The Morgan fingerprint density at radius 1 is 1.17 bits per heavy atom. The van der Waals surface area contributed by atoms with Crippen molar-refractivity contribution < 1.29 is 24.1 Å². The van der Waals surface area contributed by atoms with Crippen molar-refractivity contribution in [1.82, 2.24) is 0 Å². The van der Waals surface area contributed by atoms with Crippen LogP contribution in [-0.2, 0) is 16.1 Å². The number of hydrogen-bond donors (Lipinski definition) is 1. The molecule has 0 atom stereocenters. The summed E-state index contributed by atoms with van der Waals surface area (Å²) < 4.78 is 16.4. The monoisotopic (exact) mass is 332 g/mol. The van der Waals surface area contributed by atoms with E-state index in [-0.39, 0.29) is 10.6 Å². The molecule has 0 saturated heterocycles. The van der Waals surface area contributed by atoms with Gasteiger partial charge in [-0.15, -0.1) is 0 Å². The van der Waals surface area contributed by atoms with Crippen LogP contribution in [0.5, 0.6) is 5.75 Å². The summed E-state index contributed by atoms with van der Waals surface area (Å²) in [4.78, 5) is 11.2. The van der Waals surface area contributed by atoms with Gasteiger partial charge in [0.2, 0.25) is 0 Å². The van der Waals surface area contributed by atoms with Crippen LogP contribution < -0.4 is 4.74 Å². The van der Waals surface area contributed by atoms with Gasteiger partial charge in [-0.1, -0.05) is 41.9 Å². The molecule has 0 aliphatic carbocycles. The van der Waals surface area contributed by atoms with Crippen molar-refractivity contribution in [3.8, 4) is 5.75 Å². The molecule has 2 aromatic rings. The zero-order valence-corrected chi connectivity index (χ0v) is 12.7. The number of ether oxygens (including phenoxy) is 3. The fourth-order valence-electron chi connectivity index (χ4n) is 2.18. The van der Waals surface area contributed by atoms with Crippen LogP contribution >= 0.6 is 11.6 Å². The van der Waals surface area contributed by atoms with Gasteiger partial charge in [0.15, 0.2) is 0 Å². The fourth-order valence-corrected chi connectivity index (χ4v) is 2.46. The van der Waals surface area contributed by atoms with Crippen LogP contribution in [0.25, 0.3) is 0 Å². The molecule has 1 heterocycles. The maximum absolute atomic E-state index is 11.2. The molecule has 0 saturated carbocycles. The molecule has 3 rings (SSSR count). The number of benzene rings is 2. The molecule has 1 aliphatic rings. The van der Waals surface area contributed by atoms with Gasteiger partial charge in [0.1, 0.15) is 24.9 Å². The van der Waals surface area contributed by atoms with E-state index in [2.05, 4.69) is 0 Å². The average molecular weight is 333 g/mol. The second-order valence-electron chi connectivity index (χ2n) is 4.83. The molecule has 6 heteroatoms. The van der Waals surface area contributed by atoms with Crippen LogP contribution in [0.15, 0.2) is 55.0 Å². The van der Waals surface area contributed by atoms with E-state index >= 15 is 0 Å². The molecule has 0 amide bonds. The van der Waals surface area contributed by atoms with Crippen molar-refractivity contribution in [2.75, 3.05) is 0 Å². The second-order valence-corrected chi connectivity index (χ2v) is 5.24. The minimum Gasteiger partial charge on any atom is -0.487 e. The minimum absolute atomic E-state index is 0.0381. The molecule has 0 radical (unpaired) electrons. The number of aromatic carboxylic acids is 1. The van der Waals surface area contributed by atoms with Gasteiger partial charge in [-0.05, 0) is 17.7 Å². The highest BCUT2D eigenvalue weighted by molar-refractivity contribution is 6.32. The summed E-state index contributed by atoms with van der Waals surface area (Å²) >= 11 is 6.20. The number of carbonyl (C=O) groups is 1. The molecule has 0 unspecified atom stereocenters. The highest BCUT2D eigenvalue weighted by Crippen LogP contribution is 2.38. The number of halogens is 1. The fraction of sp³-hybridized carbons (Fsp3) is 0.118. The molecule has 2 aromatic carbocycles. The number of carboxylic acid groups (broad SMARTS) is 1. The molecule has 0 fully saturated rings. The van der Waals surface area contributed by atoms with Crippen LogP contribution in [-0.4, -0.2) is 11.1 Å². The van der Waals surface area contributed by atoms with E-state index in [4.69, 9.17) is 25.8 Å². The third-order valence-corrected chi connectivity index (χ3v) is 3.54. The molecule has 1 aliphatic heterocycles. The minimum atomic E-state index is -1.09. The van der Waals surface area contributed by atoms with Gasteiger partial charge >= 0.3 is 5.97 Å². The maximum atomic E-state index is 11.2. The lowest BCUT2D eigenvalue weighted by atomic mass is 10.1. The molecular formula is C17H13ClO5. The number of hydrogen-bond acceptors (Lipinski definition) is 4. The summed E-state index contributed by atoms with van der Waals surface area (Å²) in [6.45, 7) is 0.292. The van der Waals surface area contributed by atoms with Crippen LogP contribution in [0.3, 0.4) is 0 Å². The van der Waals surface area contributed by atoms with Gasteiger partial charge in [-0.3, -0.25) is 0 Å². The number of rotatable bonds is 5. The zero-order valence-electron chi connectivity index (χ0n) is 11.9. The van der Waals surface area contributed by atoms with Crippen LogP contribution in [0, 0.1) is 0 Å². The largest absolute Gasteiger partial charge is 0.487 e. The van der Waals surface area contributed by atoms with E-state index in [1.165, 1.54) is 24.7 Å². The third kappa shape index (κ3) is 3.40. The van der Waals surface area contributed by atoms with Crippen molar-refractivity contribution in [3.63, 3.8) is 0 Å². The van der Waals surface area contributed by atoms with Gasteiger partial charge < -0.3 is 19.3 Å². The van der Waals surface area contributed by atoms with Crippen molar-refractivity contribution in [3.05, 3.63) is 76.7 Å². The molecule has 5 nitrogen and oxygen atoms in total. The average Bonchev–Trinajstić information content (AvgIpc) is 3.08. The van der Waals surface area contributed by atoms with Crippen molar-refractivity contribution >= 4 is 17.6 Å². The Morgan fingerprint density at radius 3 is 2.52 bits per heavy atom. The lowest BCUT2D eigenvalue weighted by Gasteiger charge is -2.18. The van der Waals surface area contributed by atoms with E-state index in [0.29, 0.717) is 17.9 Å². The highest BCUT2D eigenvalue weighted by Gasteiger charge is 2.25. The van der Waals surface area contributed by atoms with E-state index in [1.54, 1.807) is 0 Å². The van der Waals surface area contributed by atoms with Crippen molar-refractivity contribution in [2.24, 2.45) is 0 Å². The summed E-state index contributed by atoms with van der Waals surface area (Å²) in [5, 5.41) is 9.37. The summed E-state index contributed by atoms with van der Waals surface area (Å²) in [6.07, 6.45) is 1.98. The molecule has 0 bridgehead atoms. The lowest BCUT2D eigenvalue weighted by molar-refractivity contribution is -0.0266. The van der Waals surface area contributed by atoms with Gasteiger partial charge in [0.05, 0.1) is 16.1 Å². The quantitative estimate of drug-likeness (QED) is 0.891. The molecule has 1 N–H and O–H groups in total. The van der Waals surface area contributed by atoms with E-state index in [1.807, 2.05) is 30.3 Å². The summed E-state index contributed by atoms with van der Waals surface area (Å²) in [6, 6.07) is 12.3. The van der Waals surface area contributed by atoms with Crippen molar-refractivity contribution in [2.45, 2.75) is 12.9 Å². The van der Waals surface area contributed by atoms with Gasteiger partial charge in [0, 0.05) is 0 Å². The van der Waals surface area contributed by atoms with Gasteiger partial charge in [-0.2, -0.15) is 0 Å². The molecular weight excluding hydrogens is 320 g/mol. The first-order valence-electron chi connectivity index (χ1n) is 6.84. The van der Waals surface area contributed by atoms with Crippen LogP contribution in [0.4, 0.5) is 0 Å².